The molecule has 8 aromatic carbocycles. The van der Waals surface area contributed by atoms with Gasteiger partial charge >= 0.3 is 0 Å². The van der Waals surface area contributed by atoms with E-state index in [0.29, 0.717) is 0 Å². The molecule has 3 aromatic heterocycles. The molecule has 49 heavy (non-hydrogen) atoms. The van der Waals surface area contributed by atoms with Gasteiger partial charge in [0, 0.05) is 32.5 Å². The number of hydrogen-bond acceptors (Lipinski definition) is 3. The monoisotopic (exact) mass is 626 g/mol. The quantitative estimate of drug-likeness (QED) is 0.183. The first-order valence-corrected chi connectivity index (χ1v) is 16.6. The molecule has 0 saturated heterocycles. The standard InChI is InChI=1S/C46H26O3/c1-2-13-27(14-3-1)41-26-37-35(25-36-28-15-8-10-22-38(28)48-45(36)46(37)49-41)43-31-18-6-4-16-29(31)42(30-17-5-7-19-32(30)43)34-21-12-24-40-44(34)33-20-9-11-23-39(33)47-40/h1-26H. The molecule has 0 aliphatic heterocycles. The summed E-state index contributed by atoms with van der Waals surface area (Å²) in [6.07, 6.45) is 0. The smallest absolute Gasteiger partial charge is 0.178 e. The minimum Gasteiger partial charge on any atom is -0.456 e. The summed E-state index contributed by atoms with van der Waals surface area (Å²) in [5.74, 6) is 0.813. The minimum atomic E-state index is 0.759. The van der Waals surface area contributed by atoms with E-state index >= 15 is 0 Å². The van der Waals surface area contributed by atoms with Gasteiger partial charge in [0.15, 0.2) is 11.2 Å². The Labute approximate surface area is 280 Å². The van der Waals surface area contributed by atoms with Crippen LogP contribution in [0.4, 0.5) is 0 Å². The van der Waals surface area contributed by atoms with Crippen molar-refractivity contribution in [1.29, 1.82) is 0 Å². The molecule has 0 fully saturated rings. The third kappa shape index (κ3) is 3.73. The van der Waals surface area contributed by atoms with Gasteiger partial charge in [-0.05, 0) is 74.1 Å². The largest absolute Gasteiger partial charge is 0.456 e. The lowest BCUT2D eigenvalue weighted by molar-refractivity contribution is 0.611. The summed E-state index contributed by atoms with van der Waals surface area (Å²) < 4.78 is 19.6. The normalized spacial score (nSPS) is 12.1. The van der Waals surface area contributed by atoms with Gasteiger partial charge in [-0.15, -0.1) is 0 Å². The summed E-state index contributed by atoms with van der Waals surface area (Å²) >= 11 is 0. The highest BCUT2D eigenvalue weighted by molar-refractivity contribution is 6.28. The Morgan fingerprint density at radius 3 is 1.53 bits per heavy atom. The van der Waals surface area contributed by atoms with Gasteiger partial charge in [0.25, 0.3) is 0 Å². The molecular weight excluding hydrogens is 601 g/mol. The van der Waals surface area contributed by atoms with Crippen molar-refractivity contribution in [2.24, 2.45) is 0 Å². The van der Waals surface area contributed by atoms with Gasteiger partial charge < -0.3 is 13.3 Å². The first-order valence-electron chi connectivity index (χ1n) is 16.6. The van der Waals surface area contributed by atoms with Crippen molar-refractivity contribution in [3.63, 3.8) is 0 Å². The molecule has 0 aliphatic carbocycles. The molecule has 11 rings (SSSR count). The Bertz CT molecular complexity index is 3040. The summed E-state index contributed by atoms with van der Waals surface area (Å²) in [4.78, 5) is 0. The topological polar surface area (TPSA) is 39.4 Å². The molecule has 3 heteroatoms. The van der Waals surface area contributed by atoms with Crippen LogP contribution in [0.25, 0.3) is 110 Å². The third-order valence-corrected chi connectivity index (χ3v) is 10.1. The predicted octanol–water partition coefficient (Wildman–Crippen LogP) is 13.5. The summed E-state index contributed by atoms with van der Waals surface area (Å²) in [6, 6.07) is 55.4. The van der Waals surface area contributed by atoms with Crippen molar-refractivity contribution >= 4 is 76.4 Å². The number of furan rings is 3. The second kappa shape index (κ2) is 9.96. The van der Waals surface area contributed by atoms with E-state index in [0.717, 1.165) is 77.3 Å². The lowest BCUT2D eigenvalue weighted by Crippen LogP contribution is -1.91. The van der Waals surface area contributed by atoms with Crippen LogP contribution < -0.4 is 0 Å². The van der Waals surface area contributed by atoms with E-state index in [1.165, 1.54) is 32.7 Å². The van der Waals surface area contributed by atoms with E-state index in [2.05, 4.69) is 115 Å². The number of para-hydroxylation sites is 2. The fraction of sp³-hybridized carbons (Fsp3) is 0. The molecule has 0 bridgehead atoms. The van der Waals surface area contributed by atoms with Crippen LogP contribution in [0.5, 0.6) is 0 Å². The second-order valence-electron chi connectivity index (χ2n) is 12.7. The van der Waals surface area contributed by atoms with Gasteiger partial charge in [0.05, 0.1) is 0 Å². The first-order chi connectivity index (χ1) is 24.3. The van der Waals surface area contributed by atoms with Gasteiger partial charge in [-0.25, -0.2) is 0 Å². The average Bonchev–Trinajstić information content (AvgIpc) is 3.88. The van der Waals surface area contributed by atoms with E-state index < -0.39 is 0 Å². The number of fused-ring (bicyclic) bond motifs is 10. The molecule has 0 N–H and O–H groups in total. The maximum absolute atomic E-state index is 6.75. The van der Waals surface area contributed by atoms with Crippen LogP contribution in [0, 0.1) is 0 Å². The van der Waals surface area contributed by atoms with Crippen LogP contribution in [-0.4, -0.2) is 0 Å². The van der Waals surface area contributed by atoms with E-state index in [1.54, 1.807) is 0 Å². The van der Waals surface area contributed by atoms with Gasteiger partial charge in [-0.1, -0.05) is 127 Å². The average molecular weight is 627 g/mol. The lowest BCUT2D eigenvalue weighted by atomic mass is 9.84. The van der Waals surface area contributed by atoms with Crippen LogP contribution in [-0.2, 0) is 0 Å². The van der Waals surface area contributed by atoms with Crippen molar-refractivity contribution in [2.45, 2.75) is 0 Å². The zero-order valence-electron chi connectivity index (χ0n) is 26.2. The molecule has 228 valence electrons. The zero-order valence-corrected chi connectivity index (χ0v) is 26.2. The molecule has 3 heterocycles. The van der Waals surface area contributed by atoms with Crippen molar-refractivity contribution in [3.8, 4) is 33.6 Å². The molecule has 0 aliphatic rings. The van der Waals surface area contributed by atoms with Crippen LogP contribution >= 0.6 is 0 Å². The number of hydrogen-bond donors (Lipinski definition) is 0. The van der Waals surface area contributed by atoms with Gasteiger partial charge in [-0.2, -0.15) is 0 Å². The van der Waals surface area contributed by atoms with Crippen molar-refractivity contribution in [3.05, 3.63) is 158 Å². The maximum atomic E-state index is 6.75. The Morgan fingerprint density at radius 2 is 0.837 bits per heavy atom. The summed E-state index contributed by atoms with van der Waals surface area (Å²) in [7, 11) is 0. The number of benzene rings is 8. The molecule has 11 aromatic rings. The summed E-state index contributed by atoms with van der Waals surface area (Å²) in [5, 5.41) is 10.1. The maximum Gasteiger partial charge on any atom is 0.178 e. The Balaban J connectivity index is 1.31. The van der Waals surface area contributed by atoms with Gasteiger partial charge in [-0.3, -0.25) is 0 Å². The molecule has 3 nitrogen and oxygen atoms in total. The lowest BCUT2D eigenvalue weighted by Gasteiger charge is -2.18. The molecule has 0 radical (unpaired) electrons. The van der Waals surface area contributed by atoms with Crippen LogP contribution in [0.1, 0.15) is 0 Å². The van der Waals surface area contributed by atoms with Crippen molar-refractivity contribution in [2.75, 3.05) is 0 Å². The first kappa shape index (κ1) is 26.5. The highest BCUT2D eigenvalue weighted by atomic mass is 16.4. The Hall–Kier alpha value is -6.58. The van der Waals surface area contributed by atoms with Crippen molar-refractivity contribution < 1.29 is 13.3 Å². The van der Waals surface area contributed by atoms with E-state index in [4.69, 9.17) is 13.3 Å². The summed E-state index contributed by atoms with van der Waals surface area (Å²) in [5.41, 5.74) is 9.85. The fourth-order valence-electron chi connectivity index (χ4n) is 8.00. The fourth-order valence-corrected chi connectivity index (χ4v) is 8.00. The Kier molecular flexibility index (Phi) is 5.38. The third-order valence-electron chi connectivity index (χ3n) is 10.1. The molecular formula is C46H26O3. The summed E-state index contributed by atoms with van der Waals surface area (Å²) in [6.45, 7) is 0. The number of rotatable bonds is 3. The molecule has 0 saturated carbocycles. The molecule has 0 atom stereocenters. The highest BCUT2D eigenvalue weighted by Gasteiger charge is 2.24. The second-order valence-corrected chi connectivity index (χ2v) is 12.7. The molecule has 0 amide bonds. The van der Waals surface area contributed by atoms with Crippen LogP contribution in [0.15, 0.2) is 171 Å². The van der Waals surface area contributed by atoms with Crippen LogP contribution in [0.2, 0.25) is 0 Å². The van der Waals surface area contributed by atoms with Crippen molar-refractivity contribution in [1.82, 2.24) is 0 Å². The van der Waals surface area contributed by atoms with Crippen LogP contribution in [0.3, 0.4) is 0 Å². The Morgan fingerprint density at radius 1 is 0.306 bits per heavy atom. The van der Waals surface area contributed by atoms with Gasteiger partial charge in [0.2, 0.25) is 0 Å². The van der Waals surface area contributed by atoms with E-state index in [1.807, 2.05) is 42.5 Å². The molecule has 0 spiro atoms. The highest BCUT2D eigenvalue weighted by Crippen LogP contribution is 2.50. The SMILES string of the molecule is c1ccc(-c2cc3c(-c4c5ccccc5c(-c5cccc6oc7ccccc7c56)c5ccccc45)cc4c5ccccc5oc4c3o2)cc1. The van der Waals surface area contributed by atoms with E-state index in [9.17, 15) is 0 Å². The van der Waals surface area contributed by atoms with Gasteiger partial charge in [0.1, 0.15) is 22.5 Å². The predicted molar refractivity (Wildman–Crippen MR) is 202 cm³/mol. The zero-order chi connectivity index (χ0) is 32.1. The van der Waals surface area contributed by atoms with E-state index in [-0.39, 0.29) is 0 Å². The molecule has 0 unspecified atom stereocenters. The minimum absolute atomic E-state index is 0.759.